The molecule has 0 aliphatic heterocycles. The first-order chi connectivity index (χ1) is 9.52. The van der Waals surface area contributed by atoms with Gasteiger partial charge < -0.3 is 20.9 Å². The van der Waals surface area contributed by atoms with Gasteiger partial charge in [0, 0.05) is 5.69 Å². The highest BCUT2D eigenvalue weighted by molar-refractivity contribution is 5.94. The van der Waals surface area contributed by atoms with Crippen molar-refractivity contribution in [2.45, 2.75) is 32.2 Å². The summed E-state index contributed by atoms with van der Waals surface area (Å²) < 4.78 is 4.99. The van der Waals surface area contributed by atoms with Crippen molar-refractivity contribution in [1.29, 1.82) is 0 Å². The number of carboxylic acids is 1. The van der Waals surface area contributed by atoms with E-state index in [4.69, 9.17) is 15.6 Å². The summed E-state index contributed by atoms with van der Waals surface area (Å²) in [7, 11) is 0. The first kappa shape index (κ1) is 16.0. The average molecular weight is 280 g/mol. The topological polar surface area (TPSA) is 102 Å². The summed E-state index contributed by atoms with van der Waals surface area (Å²) in [6.45, 7) is 1.65. The number of amides is 1. The molecule has 0 aliphatic carbocycles. The van der Waals surface area contributed by atoms with E-state index in [2.05, 4.69) is 5.32 Å². The molecule has 0 aromatic heterocycles. The summed E-state index contributed by atoms with van der Waals surface area (Å²) in [6, 6.07) is 5.95. The van der Waals surface area contributed by atoms with Gasteiger partial charge in [0.15, 0.2) is 6.61 Å². The van der Waals surface area contributed by atoms with Gasteiger partial charge in [0.25, 0.3) is 0 Å². The molecule has 1 aromatic carbocycles. The molecule has 6 nitrogen and oxygen atoms in total. The van der Waals surface area contributed by atoms with Crippen molar-refractivity contribution >= 4 is 17.6 Å². The second kappa shape index (κ2) is 8.16. The predicted molar refractivity (Wildman–Crippen MR) is 75.7 cm³/mol. The zero-order chi connectivity index (χ0) is 15.0. The number of hydrogen-bond acceptors (Lipinski definition) is 4. The number of carbonyl (C=O) groups excluding carboxylic acids is 1. The minimum absolute atomic E-state index is 0.224. The van der Waals surface area contributed by atoms with E-state index < -0.39 is 18.6 Å². The van der Waals surface area contributed by atoms with Crippen LogP contribution in [0.4, 0.5) is 5.69 Å². The summed E-state index contributed by atoms with van der Waals surface area (Å²) in [5.74, 6) is -0.831. The van der Waals surface area contributed by atoms with Gasteiger partial charge in [0.1, 0.15) is 5.75 Å². The Balaban J connectivity index is 2.48. The molecule has 1 rings (SSSR count). The Morgan fingerprint density at radius 2 is 2.00 bits per heavy atom. The van der Waals surface area contributed by atoms with Crippen LogP contribution in [0.5, 0.6) is 5.75 Å². The highest BCUT2D eigenvalue weighted by Gasteiger charge is 2.12. The molecule has 0 fully saturated rings. The zero-order valence-corrected chi connectivity index (χ0v) is 11.5. The SMILES string of the molecule is CCCCC(N)C(=O)Nc1ccc(OCC(=O)O)cc1. The van der Waals surface area contributed by atoms with Crippen molar-refractivity contribution in [3.8, 4) is 5.75 Å². The second-order valence-electron chi connectivity index (χ2n) is 4.44. The lowest BCUT2D eigenvalue weighted by molar-refractivity contribution is -0.139. The minimum Gasteiger partial charge on any atom is -0.482 e. The first-order valence-corrected chi connectivity index (χ1v) is 6.54. The number of carbonyl (C=O) groups is 2. The maximum absolute atomic E-state index is 11.8. The fraction of sp³-hybridized carbons (Fsp3) is 0.429. The Hall–Kier alpha value is -2.08. The van der Waals surface area contributed by atoms with Crippen molar-refractivity contribution in [1.82, 2.24) is 0 Å². The highest BCUT2D eigenvalue weighted by atomic mass is 16.5. The van der Waals surface area contributed by atoms with Crippen LogP contribution in [-0.4, -0.2) is 29.6 Å². The quantitative estimate of drug-likeness (QED) is 0.671. The number of rotatable bonds is 8. The molecule has 0 aliphatic rings. The van der Waals surface area contributed by atoms with E-state index in [0.29, 0.717) is 17.9 Å². The fourth-order valence-electron chi connectivity index (χ4n) is 1.57. The fourth-order valence-corrected chi connectivity index (χ4v) is 1.57. The molecule has 0 spiro atoms. The highest BCUT2D eigenvalue weighted by Crippen LogP contribution is 2.16. The Bertz CT molecular complexity index is 445. The third-order valence-corrected chi connectivity index (χ3v) is 2.69. The van der Waals surface area contributed by atoms with Crippen LogP contribution in [0.15, 0.2) is 24.3 Å². The molecule has 1 atom stereocenters. The molecule has 0 saturated heterocycles. The number of nitrogens with two attached hydrogens (primary N) is 1. The third kappa shape index (κ3) is 5.71. The van der Waals surface area contributed by atoms with E-state index in [-0.39, 0.29) is 5.91 Å². The zero-order valence-electron chi connectivity index (χ0n) is 11.5. The van der Waals surface area contributed by atoms with E-state index in [1.807, 2.05) is 6.92 Å². The van der Waals surface area contributed by atoms with Crippen LogP contribution >= 0.6 is 0 Å². The van der Waals surface area contributed by atoms with Gasteiger partial charge in [0.2, 0.25) is 5.91 Å². The number of anilines is 1. The van der Waals surface area contributed by atoms with Crippen molar-refractivity contribution in [3.05, 3.63) is 24.3 Å². The smallest absolute Gasteiger partial charge is 0.341 e. The average Bonchev–Trinajstić information content (AvgIpc) is 2.43. The molecular weight excluding hydrogens is 260 g/mol. The lowest BCUT2D eigenvalue weighted by Crippen LogP contribution is -2.35. The molecule has 4 N–H and O–H groups in total. The number of aliphatic carboxylic acids is 1. The number of nitrogens with one attached hydrogen (secondary N) is 1. The Morgan fingerprint density at radius 1 is 1.35 bits per heavy atom. The molecule has 0 radical (unpaired) electrons. The Morgan fingerprint density at radius 3 is 2.55 bits per heavy atom. The van der Waals surface area contributed by atoms with Crippen LogP contribution in [-0.2, 0) is 9.59 Å². The van der Waals surface area contributed by atoms with Crippen LogP contribution in [0.2, 0.25) is 0 Å². The number of benzene rings is 1. The minimum atomic E-state index is -1.04. The molecule has 1 amide bonds. The van der Waals surface area contributed by atoms with Gasteiger partial charge in [-0.05, 0) is 30.7 Å². The van der Waals surface area contributed by atoms with Crippen molar-refractivity contribution < 1.29 is 19.4 Å². The summed E-state index contributed by atoms with van der Waals surface area (Å²) in [5, 5.41) is 11.2. The molecule has 0 bridgehead atoms. The van der Waals surface area contributed by atoms with E-state index in [9.17, 15) is 9.59 Å². The van der Waals surface area contributed by atoms with Crippen LogP contribution in [0.3, 0.4) is 0 Å². The van der Waals surface area contributed by atoms with Gasteiger partial charge in [0.05, 0.1) is 6.04 Å². The Labute approximate surface area is 117 Å². The number of ether oxygens (including phenoxy) is 1. The molecule has 0 heterocycles. The monoisotopic (exact) mass is 280 g/mol. The van der Waals surface area contributed by atoms with Gasteiger partial charge in [-0.3, -0.25) is 4.79 Å². The first-order valence-electron chi connectivity index (χ1n) is 6.54. The molecule has 1 aromatic rings. The van der Waals surface area contributed by atoms with E-state index in [1.165, 1.54) is 0 Å². The standard InChI is InChI=1S/C14H20N2O4/c1-2-3-4-12(15)14(19)16-10-5-7-11(8-6-10)20-9-13(17)18/h5-8,12H,2-4,9,15H2,1H3,(H,16,19)(H,17,18). The summed E-state index contributed by atoms with van der Waals surface area (Å²) >= 11 is 0. The Kier molecular flexibility index (Phi) is 6.52. The van der Waals surface area contributed by atoms with E-state index >= 15 is 0 Å². The molecule has 20 heavy (non-hydrogen) atoms. The van der Waals surface area contributed by atoms with Crippen LogP contribution in [0, 0.1) is 0 Å². The van der Waals surface area contributed by atoms with Gasteiger partial charge in [-0.25, -0.2) is 4.79 Å². The lowest BCUT2D eigenvalue weighted by Gasteiger charge is -2.12. The molecule has 6 heteroatoms. The molecule has 1 unspecified atom stereocenters. The van der Waals surface area contributed by atoms with Crippen molar-refractivity contribution in [2.75, 3.05) is 11.9 Å². The maximum atomic E-state index is 11.8. The lowest BCUT2D eigenvalue weighted by atomic mass is 10.1. The number of hydrogen-bond donors (Lipinski definition) is 3. The van der Waals surface area contributed by atoms with Gasteiger partial charge in [-0.1, -0.05) is 19.8 Å². The predicted octanol–water partition coefficient (Wildman–Crippen LogP) is 1.61. The number of carboxylic acid groups (broad SMARTS) is 1. The summed E-state index contributed by atoms with van der Waals surface area (Å²) in [6.07, 6.45) is 2.56. The maximum Gasteiger partial charge on any atom is 0.341 e. The van der Waals surface area contributed by atoms with Crippen molar-refractivity contribution in [3.63, 3.8) is 0 Å². The number of unbranched alkanes of at least 4 members (excludes halogenated alkanes) is 1. The van der Waals surface area contributed by atoms with Crippen LogP contribution in [0.1, 0.15) is 26.2 Å². The summed E-state index contributed by atoms with van der Waals surface area (Å²) in [5.41, 5.74) is 6.36. The molecular formula is C14H20N2O4. The second-order valence-corrected chi connectivity index (χ2v) is 4.44. The van der Waals surface area contributed by atoms with Gasteiger partial charge in [-0.2, -0.15) is 0 Å². The van der Waals surface area contributed by atoms with Gasteiger partial charge >= 0.3 is 5.97 Å². The van der Waals surface area contributed by atoms with E-state index in [0.717, 1.165) is 12.8 Å². The van der Waals surface area contributed by atoms with Crippen molar-refractivity contribution in [2.24, 2.45) is 5.73 Å². The molecule has 0 saturated carbocycles. The van der Waals surface area contributed by atoms with E-state index in [1.54, 1.807) is 24.3 Å². The molecule has 110 valence electrons. The van der Waals surface area contributed by atoms with Crippen LogP contribution < -0.4 is 15.8 Å². The largest absolute Gasteiger partial charge is 0.482 e. The normalized spacial score (nSPS) is 11.7. The summed E-state index contributed by atoms with van der Waals surface area (Å²) in [4.78, 5) is 22.1. The van der Waals surface area contributed by atoms with Crippen LogP contribution in [0.25, 0.3) is 0 Å². The van der Waals surface area contributed by atoms with Gasteiger partial charge in [-0.15, -0.1) is 0 Å². The third-order valence-electron chi connectivity index (χ3n) is 2.69.